The normalized spacial score (nSPS) is 17.5. The molecule has 1 fully saturated rings. The number of nitro groups is 1. The summed E-state index contributed by atoms with van der Waals surface area (Å²) >= 11 is 1.61. The fourth-order valence-electron chi connectivity index (χ4n) is 3.23. The Hall–Kier alpha value is -2.54. The number of hydrogen-bond donors (Lipinski definition) is 0. The molecule has 4 rings (SSSR count). The lowest BCUT2D eigenvalue weighted by molar-refractivity contribution is -0.384. The minimum absolute atomic E-state index is 0.00781. The van der Waals surface area contributed by atoms with Crippen molar-refractivity contribution in [1.82, 2.24) is 4.98 Å². The zero-order chi connectivity index (χ0) is 16.7. The second-order valence-electron chi connectivity index (χ2n) is 5.76. The molecule has 0 N–H and O–H groups in total. The van der Waals surface area contributed by atoms with Crippen LogP contribution in [0.25, 0.3) is 10.2 Å². The van der Waals surface area contributed by atoms with Crippen LogP contribution in [0.5, 0.6) is 0 Å². The molecule has 1 aliphatic rings. The van der Waals surface area contributed by atoms with Gasteiger partial charge in [-0.1, -0.05) is 12.1 Å². The molecule has 122 valence electrons. The summed E-state index contributed by atoms with van der Waals surface area (Å²) in [5.41, 5.74) is 1.21. The number of halogens is 1. The second-order valence-corrected chi connectivity index (χ2v) is 6.82. The predicted octanol–water partition coefficient (Wildman–Crippen LogP) is 4.69. The number of aromatic nitrogens is 1. The predicted molar refractivity (Wildman–Crippen MR) is 92.0 cm³/mol. The molecule has 1 aliphatic heterocycles. The Bertz CT molecular complexity index is 894. The quantitative estimate of drug-likeness (QED) is 0.511. The topological polar surface area (TPSA) is 59.3 Å². The molecule has 1 saturated heterocycles. The number of rotatable bonds is 3. The van der Waals surface area contributed by atoms with Crippen molar-refractivity contribution < 1.29 is 9.31 Å². The van der Waals surface area contributed by atoms with E-state index in [0.29, 0.717) is 12.2 Å². The van der Waals surface area contributed by atoms with E-state index in [2.05, 4.69) is 0 Å². The Labute approximate surface area is 141 Å². The lowest BCUT2D eigenvalue weighted by atomic mass is 10.2. The Morgan fingerprint density at radius 1 is 1.29 bits per heavy atom. The number of nitro benzene ring substituents is 1. The van der Waals surface area contributed by atoms with Gasteiger partial charge in [0, 0.05) is 6.54 Å². The van der Waals surface area contributed by atoms with Crippen LogP contribution >= 0.6 is 11.3 Å². The average Bonchev–Trinajstić information content (AvgIpc) is 3.20. The molecule has 0 saturated carbocycles. The van der Waals surface area contributed by atoms with E-state index in [1.807, 2.05) is 29.2 Å². The molecular formula is C17H14FN3O2S. The molecule has 0 bridgehead atoms. The molecule has 7 heteroatoms. The number of fused-ring (bicyclic) bond motifs is 1. The third kappa shape index (κ3) is 2.50. The Morgan fingerprint density at radius 2 is 2.12 bits per heavy atom. The van der Waals surface area contributed by atoms with E-state index in [1.165, 1.54) is 12.1 Å². The first-order valence-electron chi connectivity index (χ1n) is 7.69. The maximum absolute atomic E-state index is 13.4. The van der Waals surface area contributed by atoms with Gasteiger partial charge in [-0.3, -0.25) is 10.1 Å². The molecule has 0 unspecified atom stereocenters. The third-order valence-electron chi connectivity index (χ3n) is 4.29. The van der Waals surface area contributed by atoms with Crippen molar-refractivity contribution in [2.24, 2.45) is 0 Å². The van der Waals surface area contributed by atoms with E-state index in [0.717, 1.165) is 34.1 Å². The third-order valence-corrected chi connectivity index (χ3v) is 5.43. The second kappa shape index (κ2) is 5.83. The van der Waals surface area contributed by atoms with Gasteiger partial charge in [-0.15, -0.1) is 11.3 Å². The highest BCUT2D eigenvalue weighted by Crippen LogP contribution is 2.42. The molecule has 1 aromatic heterocycles. The molecule has 0 aliphatic carbocycles. The summed E-state index contributed by atoms with van der Waals surface area (Å²) in [5, 5.41) is 12.3. The smallest absolute Gasteiger partial charge is 0.295 e. The molecule has 3 aromatic rings. The summed E-state index contributed by atoms with van der Waals surface area (Å²) in [7, 11) is 0. The van der Waals surface area contributed by atoms with Crippen LogP contribution in [0.1, 0.15) is 23.9 Å². The van der Waals surface area contributed by atoms with Crippen LogP contribution in [-0.2, 0) is 0 Å². The monoisotopic (exact) mass is 343 g/mol. The highest BCUT2D eigenvalue weighted by atomic mass is 32.1. The summed E-state index contributed by atoms with van der Waals surface area (Å²) in [5.74, 6) is -0.596. The lowest BCUT2D eigenvalue weighted by Gasteiger charge is -2.24. The zero-order valence-corrected chi connectivity index (χ0v) is 13.5. The Balaban J connectivity index is 1.77. The standard InChI is InChI=1S/C17H14FN3O2S/c18-11-7-8-13(15(10-11)21(22)23)20-9-3-5-14(20)17-19-12-4-1-2-6-16(12)24-17/h1-2,4,6-8,10,14H,3,5,9H2/t14-/m0/s1. The van der Waals surface area contributed by atoms with Gasteiger partial charge in [-0.2, -0.15) is 0 Å². The van der Waals surface area contributed by atoms with E-state index in [1.54, 1.807) is 11.3 Å². The van der Waals surface area contributed by atoms with Crippen LogP contribution in [-0.4, -0.2) is 16.5 Å². The highest BCUT2D eigenvalue weighted by Gasteiger charge is 2.33. The van der Waals surface area contributed by atoms with Gasteiger partial charge in [0.25, 0.3) is 5.69 Å². The van der Waals surface area contributed by atoms with Crippen molar-refractivity contribution in [3.8, 4) is 0 Å². The van der Waals surface area contributed by atoms with E-state index in [9.17, 15) is 14.5 Å². The van der Waals surface area contributed by atoms with Gasteiger partial charge in [-0.25, -0.2) is 9.37 Å². The molecule has 2 heterocycles. The minimum atomic E-state index is -0.596. The van der Waals surface area contributed by atoms with E-state index < -0.39 is 10.7 Å². The van der Waals surface area contributed by atoms with Gasteiger partial charge in [0.1, 0.15) is 16.5 Å². The average molecular weight is 343 g/mol. The van der Waals surface area contributed by atoms with Crippen molar-refractivity contribution in [3.05, 3.63) is 63.4 Å². The van der Waals surface area contributed by atoms with Gasteiger partial charge in [-0.05, 0) is 37.1 Å². The van der Waals surface area contributed by atoms with Gasteiger partial charge >= 0.3 is 0 Å². The summed E-state index contributed by atoms with van der Waals surface area (Å²) < 4.78 is 14.5. The summed E-state index contributed by atoms with van der Waals surface area (Å²) in [6, 6.07) is 11.7. The van der Waals surface area contributed by atoms with E-state index in [-0.39, 0.29) is 11.7 Å². The van der Waals surface area contributed by atoms with E-state index >= 15 is 0 Å². The minimum Gasteiger partial charge on any atom is -0.357 e. The highest BCUT2D eigenvalue weighted by molar-refractivity contribution is 7.18. The maximum atomic E-state index is 13.4. The Kier molecular flexibility index (Phi) is 3.65. The molecule has 5 nitrogen and oxygen atoms in total. The lowest BCUT2D eigenvalue weighted by Crippen LogP contribution is -2.23. The van der Waals surface area contributed by atoms with Crippen LogP contribution in [0.3, 0.4) is 0 Å². The molecule has 0 spiro atoms. The number of para-hydroxylation sites is 1. The fourth-order valence-corrected chi connectivity index (χ4v) is 4.35. The Morgan fingerprint density at radius 3 is 2.92 bits per heavy atom. The van der Waals surface area contributed by atoms with E-state index in [4.69, 9.17) is 4.98 Å². The van der Waals surface area contributed by atoms with Crippen molar-refractivity contribution in [1.29, 1.82) is 0 Å². The first kappa shape index (κ1) is 15.0. The largest absolute Gasteiger partial charge is 0.357 e. The first-order chi connectivity index (χ1) is 11.6. The van der Waals surface area contributed by atoms with Crippen molar-refractivity contribution in [2.45, 2.75) is 18.9 Å². The molecular weight excluding hydrogens is 329 g/mol. The van der Waals surface area contributed by atoms with Crippen LogP contribution in [0.2, 0.25) is 0 Å². The number of benzene rings is 2. The number of anilines is 1. The molecule has 0 amide bonds. The van der Waals surface area contributed by atoms with Crippen LogP contribution in [0, 0.1) is 15.9 Å². The molecule has 1 atom stereocenters. The van der Waals surface area contributed by atoms with Crippen LogP contribution < -0.4 is 4.90 Å². The van der Waals surface area contributed by atoms with Crippen LogP contribution in [0.15, 0.2) is 42.5 Å². The zero-order valence-electron chi connectivity index (χ0n) is 12.7. The van der Waals surface area contributed by atoms with Gasteiger partial charge in [0.05, 0.1) is 27.2 Å². The van der Waals surface area contributed by atoms with Gasteiger partial charge < -0.3 is 4.90 Å². The summed E-state index contributed by atoms with van der Waals surface area (Å²) in [6.45, 7) is 0.701. The van der Waals surface area contributed by atoms with Crippen LogP contribution in [0.4, 0.5) is 15.8 Å². The van der Waals surface area contributed by atoms with Gasteiger partial charge in [0.15, 0.2) is 0 Å². The molecule has 2 aromatic carbocycles. The fraction of sp³-hybridized carbons (Fsp3) is 0.235. The molecule has 24 heavy (non-hydrogen) atoms. The van der Waals surface area contributed by atoms with Gasteiger partial charge in [0.2, 0.25) is 0 Å². The summed E-state index contributed by atoms with van der Waals surface area (Å²) in [4.78, 5) is 17.5. The number of thiazole rings is 1. The summed E-state index contributed by atoms with van der Waals surface area (Å²) in [6.07, 6.45) is 1.81. The van der Waals surface area contributed by atoms with Crippen molar-refractivity contribution in [3.63, 3.8) is 0 Å². The maximum Gasteiger partial charge on any atom is 0.295 e. The number of hydrogen-bond acceptors (Lipinski definition) is 5. The number of nitrogens with zero attached hydrogens (tertiary/aromatic N) is 3. The first-order valence-corrected chi connectivity index (χ1v) is 8.51. The SMILES string of the molecule is O=[N+]([O-])c1cc(F)ccc1N1CCC[C@H]1c1nc2ccccc2s1. The van der Waals surface area contributed by atoms with Crippen molar-refractivity contribution in [2.75, 3.05) is 11.4 Å². The molecule has 0 radical (unpaired) electrons. The van der Waals surface area contributed by atoms with Crippen molar-refractivity contribution >= 4 is 32.9 Å².